The van der Waals surface area contributed by atoms with Gasteiger partial charge in [-0.05, 0) is 12.3 Å². The van der Waals surface area contributed by atoms with Crippen LogP contribution in [0, 0.1) is 5.92 Å². The smallest absolute Gasteiger partial charge is 0.249 e. The van der Waals surface area contributed by atoms with E-state index in [-0.39, 0.29) is 11.8 Å². The quantitative estimate of drug-likeness (QED) is 0.716. The van der Waals surface area contributed by atoms with Crippen molar-refractivity contribution in [3.05, 3.63) is 11.6 Å². The van der Waals surface area contributed by atoms with Crippen molar-refractivity contribution >= 4 is 28.3 Å². The number of aliphatic hydroxyl groups is 1. The predicted molar refractivity (Wildman–Crippen MR) is 89.8 cm³/mol. The molecule has 0 radical (unpaired) electrons. The SMILES string of the molecule is CC.CCC[C@H](NC(=O)C(O)C(C)C)C(=O)Nc1nccs1. The molecule has 1 rings (SSSR count). The fraction of sp³-hybridized carbons (Fsp3) is 0.667. The molecule has 1 aromatic heterocycles. The Balaban J connectivity index is 0.00000211. The molecule has 1 heterocycles. The van der Waals surface area contributed by atoms with Crippen LogP contribution in [-0.2, 0) is 9.59 Å². The lowest BCUT2D eigenvalue weighted by Gasteiger charge is -2.20. The Morgan fingerprint density at radius 1 is 1.32 bits per heavy atom. The number of aliphatic hydroxyl groups excluding tert-OH is 1. The third-order valence-corrected chi connectivity index (χ3v) is 3.46. The van der Waals surface area contributed by atoms with E-state index in [0.717, 1.165) is 6.42 Å². The molecule has 0 aliphatic heterocycles. The van der Waals surface area contributed by atoms with Gasteiger partial charge in [-0.2, -0.15) is 0 Å². The van der Waals surface area contributed by atoms with Crippen LogP contribution >= 0.6 is 11.3 Å². The molecule has 0 aliphatic carbocycles. The van der Waals surface area contributed by atoms with Gasteiger partial charge in [0.15, 0.2) is 5.13 Å². The third kappa shape index (κ3) is 7.00. The highest BCUT2D eigenvalue weighted by Crippen LogP contribution is 2.12. The van der Waals surface area contributed by atoms with Crippen LogP contribution in [0.5, 0.6) is 0 Å². The van der Waals surface area contributed by atoms with E-state index < -0.39 is 18.1 Å². The molecule has 0 saturated carbocycles. The second kappa shape index (κ2) is 11.1. The van der Waals surface area contributed by atoms with Crippen LogP contribution in [0.25, 0.3) is 0 Å². The summed E-state index contributed by atoms with van der Waals surface area (Å²) in [5, 5.41) is 17.2. The van der Waals surface area contributed by atoms with Crippen molar-refractivity contribution < 1.29 is 14.7 Å². The molecule has 6 nitrogen and oxygen atoms in total. The number of hydrogen-bond acceptors (Lipinski definition) is 5. The van der Waals surface area contributed by atoms with Crippen LogP contribution in [0.2, 0.25) is 0 Å². The van der Waals surface area contributed by atoms with Gasteiger partial charge < -0.3 is 15.7 Å². The minimum absolute atomic E-state index is 0.195. The number of rotatable bonds is 7. The number of aromatic nitrogens is 1. The molecule has 2 amide bonds. The van der Waals surface area contributed by atoms with E-state index in [0.29, 0.717) is 11.6 Å². The van der Waals surface area contributed by atoms with Gasteiger partial charge in [0.1, 0.15) is 12.1 Å². The van der Waals surface area contributed by atoms with Gasteiger partial charge in [-0.25, -0.2) is 4.98 Å². The van der Waals surface area contributed by atoms with Gasteiger partial charge in [0.25, 0.3) is 0 Å². The first kappa shape index (κ1) is 20.5. The van der Waals surface area contributed by atoms with Gasteiger partial charge in [-0.3, -0.25) is 9.59 Å². The summed E-state index contributed by atoms with van der Waals surface area (Å²) in [6.45, 7) is 9.41. The molecular weight excluding hydrogens is 302 g/mol. The maximum atomic E-state index is 12.1. The molecule has 1 unspecified atom stereocenters. The van der Waals surface area contributed by atoms with E-state index in [9.17, 15) is 14.7 Å². The Labute approximate surface area is 136 Å². The number of nitrogens with zero attached hydrogens (tertiary/aromatic N) is 1. The highest BCUT2D eigenvalue weighted by molar-refractivity contribution is 7.13. The summed E-state index contributed by atoms with van der Waals surface area (Å²) in [6, 6.07) is -0.662. The summed E-state index contributed by atoms with van der Waals surface area (Å²) in [5.41, 5.74) is 0. The lowest BCUT2D eigenvalue weighted by molar-refractivity contribution is -0.134. The Morgan fingerprint density at radius 2 is 1.95 bits per heavy atom. The summed E-state index contributed by atoms with van der Waals surface area (Å²) in [6.07, 6.45) is 1.74. The van der Waals surface area contributed by atoms with Crippen molar-refractivity contribution in [2.24, 2.45) is 5.92 Å². The van der Waals surface area contributed by atoms with Crippen molar-refractivity contribution in [1.29, 1.82) is 0 Å². The largest absolute Gasteiger partial charge is 0.383 e. The highest BCUT2D eigenvalue weighted by Gasteiger charge is 2.25. The first-order valence-corrected chi connectivity index (χ1v) is 8.52. The summed E-state index contributed by atoms with van der Waals surface area (Å²) in [5.74, 6) is -1.03. The topological polar surface area (TPSA) is 91.3 Å². The van der Waals surface area contributed by atoms with E-state index in [1.165, 1.54) is 11.3 Å². The number of thiazole rings is 1. The van der Waals surface area contributed by atoms with Crippen molar-refractivity contribution in [2.75, 3.05) is 5.32 Å². The number of nitrogens with one attached hydrogen (secondary N) is 2. The molecule has 22 heavy (non-hydrogen) atoms. The van der Waals surface area contributed by atoms with Crippen LogP contribution in [0.3, 0.4) is 0 Å². The molecule has 0 fully saturated rings. The molecule has 0 bridgehead atoms. The third-order valence-electron chi connectivity index (χ3n) is 2.77. The van der Waals surface area contributed by atoms with Crippen molar-refractivity contribution in [2.45, 2.75) is 59.6 Å². The van der Waals surface area contributed by atoms with E-state index in [4.69, 9.17) is 0 Å². The maximum absolute atomic E-state index is 12.1. The van der Waals surface area contributed by atoms with Crippen LogP contribution in [0.15, 0.2) is 11.6 Å². The Bertz CT molecular complexity index is 435. The number of carbonyl (C=O) groups is 2. The van der Waals surface area contributed by atoms with Crippen LogP contribution in [-0.4, -0.2) is 34.1 Å². The average molecular weight is 329 g/mol. The summed E-state index contributed by atoms with van der Waals surface area (Å²) >= 11 is 1.31. The van der Waals surface area contributed by atoms with Crippen molar-refractivity contribution in [1.82, 2.24) is 10.3 Å². The molecule has 0 spiro atoms. The number of carbonyl (C=O) groups excluding carboxylic acids is 2. The molecule has 3 N–H and O–H groups in total. The van der Waals surface area contributed by atoms with Gasteiger partial charge in [-0.15, -0.1) is 11.3 Å². The van der Waals surface area contributed by atoms with Gasteiger partial charge in [-0.1, -0.05) is 41.0 Å². The van der Waals surface area contributed by atoms with Gasteiger partial charge in [0, 0.05) is 11.6 Å². The molecule has 7 heteroatoms. The molecule has 2 atom stereocenters. The summed E-state index contributed by atoms with van der Waals surface area (Å²) < 4.78 is 0. The summed E-state index contributed by atoms with van der Waals surface area (Å²) in [4.78, 5) is 27.9. The molecule has 0 aliphatic rings. The number of anilines is 1. The average Bonchev–Trinajstić information content (AvgIpc) is 3.00. The zero-order valence-electron chi connectivity index (χ0n) is 13.9. The monoisotopic (exact) mass is 329 g/mol. The molecule has 0 saturated heterocycles. The maximum Gasteiger partial charge on any atom is 0.249 e. The van der Waals surface area contributed by atoms with E-state index >= 15 is 0 Å². The van der Waals surface area contributed by atoms with E-state index in [2.05, 4.69) is 15.6 Å². The van der Waals surface area contributed by atoms with Crippen LogP contribution < -0.4 is 10.6 Å². The minimum Gasteiger partial charge on any atom is -0.383 e. The molecule has 0 aromatic carbocycles. The number of amides is 2. The predicted octanol–water partition coefficient (Wildman–Crippen LogP) is 2.41. The second-order valence-corrected chi connectivity index (χ2v) is 5.76. The first-order chi connectivity index (χ1) is 10.5. The first-order valence-electron chi connectivity index (χ1n) is 7.64. The van der Waals surface area contributed by atoms with Crippen molar-refractivity contribution in [3.8, 4) is 0 Å². The summed E-state index contributed by atoms with van der Waals surface area (Å²) in [7, 11) is 0. The fourth-order valence-corrected chi connectivity index (χ4v) is 2.13. The fourth-order valence-electron chi connectivity index (χ4n) is 1.60. The second-order valence-electron chi connectivity index (χ2n) is 4.87. The Morgan fingerprint density at radius 3 is 2.41 bits per heavy atom. The van der Waals surface area contributed by atoms with E-state index in [1.54, 1.807) is 25.4 Å². The molecule has 1 aromatic rings. The van der Waals surface area contributed by atoms with Gasteiger partial charge in [0.2, 0.25) is 11.8 Å². The molecular formula is C15H27N3O3S. The Kier molecular flexibility index (Phi) is 10.4. The number of hydrogen-bond donors (Lipinski definition) is 3. The minimum atomic E-state index is -1.11. The lowest BCUT2D eigenvalue weighted by atomic mass is 10.1. The lowest BCUT2D eigenvalue weighted by Crippen LogP contribution is -2.48. The van der Waals surface area contributed by atoms with Crippen molar-refractivity contribution in [3.63, 3.8) is 0 Å². The Hall–Kier alpha value is -1.47. The van der Waals surface area contributed by atoms with Gasteiger partial charge in [0.05, 0.1) is 0 Å². The highest BCUT2D eigenvalue weighted by atomic mass is 32.1. The zero-order chi connectivity index (χ0) is 17.1. The van der Waals surface area contributed by atoms with Gasteiger partial charge >= 0.3 is 0 Å². The van der Waals surface area contributed by atoms with E-state index in [1.807, 2.05) is 20.8 Å². The normalized spacial score (nSPS) is 12.9. The van der Waals surface area contributed by atoms with Crippen LogP contribution in [0.1, 0.15) is 47.5 Å². The van der Waals surface area contributed by atoms with Crippen LogP contribution in [0.4, 0.5) is 5.13 Å². The standard InChI is InChI=1S/C13H21N3O3S.C2H6/c1-4-5-9(15-12(19)10(17)8(2)3)11(18)16-13-14-6-7-20-13;1-2/h6-10,17H,4-5H2,1-3H3,(H,15,19)(H,14,16,18);1-2H3/t9-,10?;/m0./s1. The molecule has 126 valence electrons. The zero-order valence-corrected chi connectivity index (χ0v) is 14.7.